The van der Waals surface area contributed by atoms with E-state index >= 15 is 0 Å². The number of rotatable bonds is 3. The Morgan fingerprint density at radius 1 is 1.27 bits per heavy atom. The van der Waals surface area contributed by atoms with Crippen molar-refractivity contribution in [2.24, 2.45) is 5.73 Å². The van der Waals surface area contributed by atoms with Gasteiger partial charge in [-0.15, -0.1) is 0 Å². The molecule has 3 nitrogen and oxygen atoms in total. The van der Waals surface area contributed by atoms with Gasteiger partial charge in [-0.25, -0.2) is 0 Å². The summed E-state index contributed by atoms with van der Waals surface area (Å²) in [6.07, 6.45) is 0.932. The SMILES string of the molecule is CCc1cc2c(c(C(N)c3cccc(C)c3)c1)NC(=O)C2C. The number of amides is 1. The average molecular weight is 294 g/mol. The van der Waals surface area contributed by atoms with Crippen LogP contribution in [0.1, 0.15) is 53.6 Å². The van der Waals surface area contributed by atoms with Crippen molar-refractivity contribution in [1.82, 2.24) is 0 Å². The van der Waals surface area contributed by atoms with E-state index in [4.69, 9.17) is 5.73 Å². The summed E-state index contributed by atoms with van der Waals surface area (Å²) >= 11 is 0. The number of benzene rings is 2. The highest BCUT2D eigenvalue weighted by Gasteiger charge is 2.30. The maximum atomic E-state index is 12.0. The van der Waals surface area contributed by atoms with Crippen LogP contribution in [0.3, 0.4) is 0 Å². The Balaban J connectivity index is 2.13. The first-order chi connectivity index (χ1) is 10.5. The molecule has 22 heavy (non-hydrogen) atoms. The summed E-state index contributed by atoms with van der Waals surface area (Å²) in [4.78, 5) is 12.0. The summed E-state index contributed by atoms with van der Waals surface area (Å²) < 4.78 is 0. The molecule has 3 heteroatoms. The van der Waals surface area contributed by atoms with Gasteiger partial charge in [0.25, 0.3) is 0 Å². The summed E-state index contributed by atoms with van der Waals surface area (Å²) in [6, 6.07) is 12.3. The zero-order chi connectivity index (χ0) is 15.9. The van der Waals surface area contributed by atoms with Crippen molar-refractivity contribution in [3.63, 3.8) is 0 Å². The van der Waals surface area contributed by atoms with Gasteiger partial charge in [0.15, 0.2) is 0 Å². The van der Waals surface area contributed by atoms with Crippen molar-refractivity contribution in [2.45, 2.75) is 39.2 Å². The molecule has 1 amide bonds. The Hall–Kier alpha value is -2.13. The molecule has 0 fully saturated rings. The lowest BCUT2D eigenvalue weighted by Gasteiger charge is -2.18. The van der Waals surface area contributed by atoms with Crippen molar-refractivity contribution in [3.8, 4) is 0 Å². The highest BCUT2D eigenvalue weighted by Crippen LogP contribution is 2.39. The molecule has 0 saturated carbocycles. The van der Waals surface area contributed by atoms with Gasteiger partial charge >= 0.3 is 0 Å². The maximum absolute atomic E-state index is 12.0. The van der Waals surface area contributed by atoms with Gasteiger partial charge in [-0.1, -0.05) is 48.9 Å². The van der Waals surface area contributed by atoms with Crippen molar-refractivity contribution in [2.75, 3.05) is 5.32 Å². The number of hydrogen-bond acceptors (Lipinski definition) is 2. The van der Waals surface area contributed by atoms with Crippen LogP contribution in [0, 0.1) is 6.92 Å². The highest BCUT2D eigenvalue weighted by molar-refractivity contribution is 6.03. The van der Waals surface area contributed by atoms with Crippen LogP contribution in [0.2, 0.25) is 0 Å². The quantitative estimate of drug-likeness (QED) is 0.907. The third kappa shape index (κ3) is 2.42. The molecule has 2 atom stereocenters. The molecule has 2 aromatic carbocycles. The van der Waals surface area contributed by atoms with E-state index in [0.717, 1.165) is 28.8 Å². The molecule has 0 bridgehead atoms. The maximum Gasteiger partial charge on any atom is 0.231 e. The second kappa shape index (κ2) is 5.58. The van der Waals surface area contributed by atoms with Crippen molar-refractivity contribution in [1.29, 1.82) is 0 Å². The van der Waals surface area contributed by atoms with Crippen LogP contribution >= 0.6 is 0 Å². The predicted molar refractivity (Wildman–Crippen MR) is 90.1 cm³/mol. The molecule has 2 aromatic rings. The first kappa shape index (κ1) is 14.8. The van der Waals surface area contributed by atoms with E-state index in [9.17, 15) is 4.79 Å². The van der Waals surface area contributed by atoms with Crippen molar-refractivity contribution < 1.29 is 4.79 Å². The van der Waals surface area contributed by atoms with Crippen LogP contribution in [0.25, 0.3) is 0 Å². The van der Waals surface area contributed by atoms with Crippen LogP contribution in [0.15, 0.2) is 36.4 Å². The van der Waals surface area contributed by atoms with Gasteiger partial charge in [0.05, 0.1) is 12.0 Å². The Labute approximate surface area is 131 Å². The summed E-state index contributed by atoms with van der Waals surface area (Å²) in [7, 11) is 0. The second-order valence-corrected chi connectivity index (χ2v) is 6.11. The molecule has 0 spiro atoms. The first-order valence-electron chi connectivity index (χ1n) is 7.81. The molecule has 1 aliphatic rings. The van der Waals surface area contributed by atoms with E-state index in [-0.39, 0.29) is 17.9 Å². The van der Waals surface area contributed by atoms with Crippen LogP contribution < -0.4 is 11.1 Å². The Kier molecular flexibility index (Phi) is 3.75. The second-order valence-electron chi connectivity index (χ2n) is 6.11. The molecule has 0 radical (unpaired) electrons. The van der Waals surface area contributed by atoms with Gasteiger partial charge in [0, 0.05) is 5.69 Å². The fraction of sp³-hybridized carbons (Fsp3) is 0.316. The third-order valence-corrected chi connectivity index (χ3v) is 4.51. The smallest absolute Gasteiger partial charge is 0.231 e. The van der Waals surface area contributed by atoms with Gasteiger partial charge in [-0.05, 0) is 42.5 Å². The van der Waals surface area contributed by atoms with E-state index in [0.29, 0.717) is 0 Å². The molecular formula is C19H22N2O. The largest absolute Gasteiger partial charge is 0.325 e. The number of carbonyl (C=O) groups is 1. The monoisotopic (exact) mass is 294 g/mol. The lowest BCUT2D eigenvalue weighted by Crippen LogP contribution is -2.15. The van der Waals surface area contributed by atoms with Gasteiger partial charge in [-0.3, -0.25) is 4.79 Å². The lowest BCUT2D eigenvalue weighted by molar-refractivity contribution is -0.116. The molecule has 0 aliphatic carbocycles. The standard InChI is InChI=1S/C19H22N2O/c1-4-13-9-15-12(3)19(22)21-18(15)16(10-13)17(20)14-7-5-6-11(2)8-14/h5-10,12,17H,4,20H2,1-3H3,(H,21,22). The zero-order valence-electron chi connectivity index (χ0n) is 13.3. The van der Waals surface area contributed by atoms with Gasteiger partial charge in [-0.2, -0.15) is 0 Å². The molecule has 1 heterocycles. The third-order valence-electron chi connectivity index (χ3n) is 4.51. The van der Waals surface area contributed by atoms with E-state index in [1.165, 1.54) is 11.1 Å². The highest BCUT2D eigenvalue weighted by atomic mass is 16.2. The zero-order valence-corrected chi connectivity index (χ0v) is 13.3. The van der Waals surface area contributed by atoms with Crippen LogP contribution in [0.4, 0.5) is 5.69 Å². The van der Waals surface area contributed by atoms with Gasteiger partial charge < -0.3 is 11.1 Å². The number of anilines is 1. The molecule has 114 valence electrons. The average Bonchev–Trinajstić information content (AvgIpc) is 2.81. The van der Waals surface area contributed by atoms with Crippen LogP contribution in [-0.2, 0) is 11.2 Å². The van der Waals surface area contributed by atoms with Crippen LogP contribution in [0.5, 0.6) is 0 Å². The minimum absolute atomic E-state index is 0.0564. The fourth-order valence-corrected chi connectivity index (χ4v) is 3.10. The number of fused-ring (bicyclic) bond motifs is 1. The van der Waals surface area contributed by atoms with Crippen molar-refractivity contribution in [3.05, 3.63) is 64.2 Å². The number of nitrogens with one attached hydrogen (secondary N) is 1. The summed E-state index contributed by atoms with van der Waals surface area (Å²) in [6.45, 7) is 6.13. The molecular weight excluding hydrogens is 272 g/mol. The molecule has 1 aliphatic heterocycles. The summed E-state index contributed by atoms with van der Waals surface area (Å²) in [5.41, 5.74) is 13.0. The number of nitrogens with two attached hydrogens (primary N) is 1. The molecule has 2 unspecified atom stereocenters. The van der Waals surface area contributed by atoms with Crippen molar-refractivity contribution >= 4 is 11.6 Å². The van der Waals surface area contributed by atoms with E-state index in [2.05, 4.69) is 43.4 Å². The Morgan fingerprint density at radius 3 is 2.73 bits per heavy atom. The molecule has 0 aromatic heterocycles. The molecule has 3 rings (SSSR count). The first-order valence-corrected chi connectivity index (χ1v) is 7.81. The minimum atomic E-state index is -0.231. The summed E-state index contributed by atoms with van der Waals surface area (Å²) in [5, 5.41) is 3.01. The minimum Gasteiger partial charge on any atom is -0.325 e. The van der Waals surface area contributed by atoms with E-state index < -0.39 is 0 Å². The van der Waals surface area contributed by atoms with E-state index in [1.54, 1.807) is 0 Å². The lowest BCUT2D eigenvalue weighted by atomic mass is 9.90. The Bertz CT molecular complexity index is 736. The summed E-state index contributed by atoms with van der Waals surface area (Å²) in [5.74, 6) is -0.0501. The van der Waals surface area contributed by atoms with Crippen LogP contribution in [-0.4, -0.2) is 5.91 Å². The number of hydrogen-bond donors (Lipinski definition) is 2. The predicted octanol–water partition coefficient (Wildman–Crippen LogP) is 3.66. The Morgan fingerprint density at radius 2 is 2.05 bits per heavy atom. The van der Waals surface area contributed by atoms with Gasteiger partial charge in [0.1, 0.15) is 0 Å². The molecule has 3 N–H and O–H groups in total. The number of aryl methyl sites for hydroxylation is 2. The molecule has 0 saturated heterocycles. The normalized spacial score (nSPS) is 18.0. The van der Waals surface area contributed by atoms with E-state index in [1.807, 2.05) is 19.1 Å². The van der Waals surface area contributed by atoms with Gasteiger partial charge in [0.2, 0.25) is 5.91 Å². The topological polar surface area (TPSA) is 55.1 Å². The fourth-order valence-electron chi connectivity index (χ4n) is 3.10. The number of carbonyl (C=O) groups excluding carboxylic acids is 1.